The predicted molar refractivity (Wildman–Crippen MR) is 88.4 cm³/mol. The molecular formula is C17H16ClN3. The molecule has 1 aromatic heterocycles. The monoisotopic (exact) mass is 297 g/mol. The standard InChI is InChI=1S/C17H16ClN3/c1-10-3-6-12(7-4-10)15-16(20-21-17(15)19)13-8-5-11(2)9-14(13)18/h3-9H,1-2H3,(H3,19,20,21). The van der Waals surface area contributed by atoms with Gasteiger partial charge in [0.15, 0.2) is 5.82 Å². The number of nitrogens with two attached hydrogens (primary N) is 1. The lowest BCUT2D eigenvalue weighted by molar-refractivity contribution is 1.10. The Hall–Kier alpha value is -2.26. The van der Waals surface area contributed by atoms with Gasteiger partial charge in [0, 0.05) is 5.56 Å². The topological polar surface area (TPSA) is 54.7 Å². The molecule has 0 aliphatic carbocycles. The van der Waals surface area contributed by atoms with Crippen LogP contribution in [0.3, 0.4) is 0 Å². The largest absolute Gasteiger partial charge is 0.382 e. The Balaban J connectivity index is 2.19. The molecule has 106 valence electrons. The van der Waals surface area contributed by atoms with E-state index in [1.165, 1.54) is 5.56 Å². The number of anilines is 1. The lowest BCUT2D eigenvalue weighted by Gasteiger charge is -2.08. The summed E-state index contributed by atoms with van der Waals surface area (Å²) in [6.45, 7) is 4.07. The highest BCUT2D eigenvalue weighted by Gasteiger charge is 2.16. The molecule has 3 rings (SSSR count). The van der Waals surface area contributed by atoms with Gasteiger partial charge in [-0.25, -0.2) is 0 Å². The molecule has 0 spiro atoms. The van der Waals surface area contributed by atoms with Gasteiger partial charge in [0.1, 0.15) is 0 Å². The van der Waals surface area contributed by atoms with Crippen LogP contribution in [0.2, 0.25) is 5.02 Å². The average molecular weight is 298 g/mol. The zero-order valence-corrected chi connectivity index (χ0v) is 12.7. The Labute approximate surface area is 128 Å². The Bertz CT molecular complexity index is 788. The number of aromatic nitrogens is 2. The van der Waals surface area contributed by atoms with Crippen LogP contribution in [0.1, 0.15) is 11.1 Å². The van der Waals surface area contributed by atoms with E-state index in [1.807, 2.05) is 37.3 Å². The zero-order chi connectivity index (χ0) is 15.0. The maximum absolute atomic E-state index is 6.37. The van der Waals surface area contributed by atoms with Crippen LogP contribution in [-0.4, -0.2) is 10.2 Å². The van der Waals surface area contributed by atoms with Gasteiger partial charge in [-0.2, -0.15) is 5.10 Å². The maximum atomic E-state index is 6.37. The maximum Gasteiger partial charge on any atom is 0.153 e. The number of aromatic amines is 1. The second kappa shape index (κ2) is 5.26. The van der Waals surface area contributed by atoms with E-state index >= 15 is 0 Å². The van der Waals surface area contributed by atoms with Gasteiger partial charge in [-0.05, 0) is 31.0 Å². The van der Waals surface area contributed by atoms with Crippen LogP contribution in [0.4, 0.5) is 5.82 Å². The van der Waals surface area contributed by atoms with Crippen molar-refractivity contribution >= 4 is 17.4 Å². The average Bonchev–Trinajstić information content (AvgIpc) is 2.82. The normalized spacial score (nSPS) is 10.8. The fourth-order valence-electron chi connectivity index (χ4n) is 2.39. The fourth-order valence-corrected chi connectivity index (χ4v) is 2.72. The van der Waals surface area contributed by atoms with E-state index in [0.29, 0.717) is 10.8 Å². The van der Waals surface area contributed by atoms with E-state index in [0.717, 1.165) is 27.9 Å². The van der Waals surface area contributed by atoms with Gasteiger partial charge in [0.2, 0.25) is 0 Å². The SMILES string of the molecule is Cc1ccc(-c2c(N)n[nH]c2-c2ccc(C)cc2Cl)cc1. The van der Waals surface area contributed by atoms with Crippen molar-refractivity contribution in [2.45, 2.75) is 13.8 Å². The van der Waals surface area contributed by atoms with Gasteiger partial charge in [-0.3, -0.25) is 5.10 Å². The van der Waals surface area contributed by atoms with Gasteiger partial charge in [0.05, 0.1) is 16.3 Å². The lowest BCUT2D eigenvalue weighted by Crippen LogP contribution is -1.89. The summed E-state index contributed by atoms with van der Waals surface area (Å²) in [6, 6.07) is 14.2. The lowest BCUT2D eigenvalue weighted by atomic mass is 9.99. The first kappa shape index (κ1) is 13.7. The zero-order valence-electron chi connectivity index (χ0n) is 11.9. The molecule has 0 fully saturated rings. The van der Waals surface area contributed by atoms with Crippen LogP contribution in [0.15, 0.2) is 42.5 Å². The van der Waals surface area contributed by atoms with Crippen LogP contribution < -0.4 is 5.73 Å². The number of hydrogen-bond acceptors (Lipinski definition) is 2. The molecule has 2 aromatic carbocycles. The molecule has 0 aliphatic rings. The van der Waals surface area contributed by atoms with Gasteiger partial charge in [0.25, 0.3) is 0 Å². The summed E-state index contributed by atoms with van der Waals surface area (Å²) in [4.78, 5) is 0. The highest BCUT2D eigenvalue weighted by atomic mass is 35.5. The van der Waals surface area contributed by atoms with E-state index in [9.17, 15) is 0 Å². The molecule has 4 heteroatoms. The van der Waals surface area contributed by atoms with Crippen molar-refractivity contribution in [3.63, 3.8) is 0 Å². The third-order valence-corrected chi connectivity index (χ3v) is 3.84. The summed E-state index contributed by atoms with van der Waals surface area (Å²) in [7, 11) is 0. The molecular weight excluding hydrogens is 282 g/mol. The van der Waals surface area contributed by atoms with Crippen LogP contribution >= 0.6 is 11.6 Å². The van der Waals surface area contributed by atoms with Crippen molar-refractivity contribution in [2.24, 2.45) is 0 Å². The van der Waals surface area contributed by atoms with Crippen molar-refractivity contribution < 1.29 is 0 Å². The summed E-state index contributed by atoms with van der Waals surface area (Å²) < 4.78 is 0. The quantitative estimate of drug-likeness (QED) is 0.726. The Morgan fingerprint density at radius 3 is 2.33 bits per heavy atom. The predicted octanol–water partition coefficient (Wildman–Crippen LogP) is 4.60. The van der Waals surface area contributed by atoms with Crippen LogP contribution in [0, 0.1) is 13.8 Å². The first-order valence-electron chi connectivity index (χ1n) is 6.73. The Kier molecular flexibility index (Phi) is 3.43. The number of benzene rings is 2. The Morgan fingerprint density at radius 1 is 1.00 bits per heavy atom. The molecule has 0 saturated carbocycles. The van der Waals surface area contributed by atoms with Crippen LogP contribution in [0.25, 0.3) is 22.4 Å². The van der Waals surface area contributed by atoms with Gasteiger partial charge in [-0.15, -0.1) is 0 Å². The van der Waals surface area contributed by atoms with Crippen LogP contribution in [-0.2, 0) is 0 Å². The molecule has 0 bridgehead atoms. The van der Waals surface area contributed by atoms with Crippen molar-refractivity contribution in [1.82, 2.24) is 10.2 Å². The second-order valence-electron chi connectivity index (χ2n) is 5.21. The summed E-state index contributed by atoms with van der Waals surface area (Å²) >= 11 is 6.37. The second-order valence-corrected chi connectivity index (χ2v) is 5.62. The number of aryl methyl sites for hydroxylation is 2. The minimum atomic E-state index is 0.477. The van der Waals surface area contributed by atoms with E-state index in [-0.39, 0.29) is 0 Å². The van der Waals surface area contributed by atoms with Gasteiger partial charge >= 0.3 is 0 Å². The van der Waals surface area contributed by atoms with Crippen LogP contribution in [0.5, 0.6) is 0 Å². The summed E-state index contributed by atoms with van der Waals surface area (Å²) in [6.07, 6.45) is 0. The van der Waals surface area contributed by atoms with Gasteiger partial charge in [-0.1, -0.05) is 53.6 Å². The summed E-state index contributed by atoms with van der Waals surface area (Å²) in [5.41, 5.74) is 12.0. The molecule has 0 saturated heterocycles. The number of nitrogens with one attached hydrogen (secondary N) is 1. The fraction of sp³-hybridized carbons (Fsp3) is 0.118. The first-order valence-corrected chi connectivity index (χ1v) is 7.11. The third-order valence-electron chi connectivity index (χ3n) is 3.53. The van der Waals surface area contributed by atoms with E-state index < -0.39 is 0 Å². The van der Waals surface area contributed by atoms with Gasteiger partial charge < -0.3 is 5.73 Å². The molecule has 1 heterocycles. The molecule has 0 radical (unpaired) electrons. The Morgan fingerprint density at radius 2 is 1.67 bits per heavy atom. The van der Waals surface area contributed by atoms with E-state index in [4.69, 9.17) is 17.3 Å². The number of H-pyrrole nitrogens is 1. The third kappa shape index (κ3) is 2.52. The van der Waals surface area contributed by atoms with E-state index in [1.54, 1.807) is 0 Å². The van der Waals surface area contributed by atoms with Crippen molar-refractivity contribution in [2.75, 3.05) is 5.73 Å². The molecule has 0 unspecified atom stereocenters. The molecule has 3 nitrogen and oxygen atoms in total. The number of halogens is 1. The summed E-state index contributed by atoms with van der Waals surface area (Å²) in [5, 5.41) is 7.84. The van der Waals surface area contributed by atoms with Crippen molar-refractivity contribution in [3.05, 3.63) is 58.6 Å². The minimum Gasteiger partial charge on any atom is -0.382 e. The smallest absolute Gasteiger partial charge is 0.153 e. The summed E-state index contributed by atoms with van der Waals surface area (Å²) in [5.74, 6) is 0.477. The molecule has 3 N–H and O–H groups in total. The van der Waals surface area contributed by atoms with Crippen molar-refractivity contribution in [3.8, 4) is 22.4 Å². The molecule has 0 atom stereocenters. The first-order chi connectivity index (χ1) is 10.1. The number of nitrogen functional groups attached to an aromatic ring is 1. The molecule has 3 aromatic rings. The van der Waals surface area contributed by atoms with E-state index in [2.05, 4.69) is 29.3 Å². The number of rotatable bonds is 2. The minimum absolute atomic E-state index is 0.477. The number of nitrogens with zero attached hydrogens (tertiary/aromatic N) is 1. The molecule has 0 amide bonds. The highest BCUT2D eigenvalue weighted by molar-refractivity contribution is 6.33. The highest BCUT2D eigenvalue weighted by Crippen LogP contribution is 2.37. The number of hydrogen-bond donors (Lipinski definition) is 2. The molecule has 0 aliphatic heterocycles. The molecule has 21 heavy (non-hydrogen) atoms. The van der Waals surface area contributed by atoms with Crippen molar-refractivity contribution in [1.29, 1.82) is 0 Å².